The average Bonchev–Trinajstić information content (AvgIpc) is 2.73. The Kier molecular flexibility index (Phi) is 5.54. The number of hydrogen-bond donors (Lipinski definition) is 3. The number of nitrogens with one attached hydrogen (secondary N) is 1. The summed E-state index contributed by atoms with van der Waals surface area (Å²) in [5, 5.41) is 23.7. The van der Waals surface area contributed by atoms with Gasteiger partial charge in [-0.3, -0.25) is 19.7 Å². The molecule has 0 aromatic heterocycles. The summed E-state index contributed by atoms with van der Waals surface area (Å²) in [5.74, 6) is -2.58. The largest absolute Gasteiger partial charge is 0.478 e. The minimum Gasteiger partial charge on any atom is -0.478 e. The third kappa shape index (κ3) is 4.14. The molecular formula is C21H15N3O6. The van der Waals surface area contributed by atoms with Crippen LogP contribution in [0.2, 0.25) is 0 Å². The molecule has 0 aliphatic heterocycles. The van der Waals surface area contributed by atoms with E-state index >= 15 is 0 Å². The fraction of sp³-hybridized carbons (Fsp3) is 0. The van der Waals surface area contributed by atoms with Gasteiger partial charge in [-0.2, -0.15) is 0 Å². The molecule has 150 valence electrons. The normalized spacial score (nSPS) is 10.3. The average molecular weight is 405 g/mol. The maximum absolute atomic E-state index is 12.8. The predicted molar refractivity (Wildman–Crippen MR) is 108 cm³/mol. The highest BCUT2D eigenvalue weighted by atomic mass is 16.6. The van der Waals surface area contributed by atoms with Crippen LogP contribution in [0.1, 0.15) is 36.6 Å². The molecule has 0 aliphatic carbocycles. The molecule has 0 atom stereocenters. The monoisotopic (exact) mass is 405 g/mol. The molecule has 30 heavy (non-hydrogen) atoms. The number of nitro benzene ring substituents is 1. The number of amides is 1. The maximum atomic E-state index is 12.8. The summed E-state index contributed by atoms with van der Waals surface area (Å²) in [6.07, 6.45) is 0. The van der Waals surface area contributed by atoms with Crippen molar-refractivity contribution >= 4 is 34.7 Å². The molecule has 0 radical (unpaired) electrons. The first kappa shape index (κ1) is 20.2. The lowest BCUT2D eigenvalue weighted by atomic mass is 9.97. The van der Waals surface area contributed by atoms with Crippen LogP contribution >= 0.6 is 0 Å². The van der Waals surface area contributed by atoms with Crippen LogP contribution in [0.15, 0.2) is 66.7 Å². The summed E-state index contributed by atoms with van der Waals surface area (Å²) in [6, 6.07) is 15.5. The van der Waals surface area contributed by atoms with Crippen molar-refractivity contribution in [3.63, 3.8) is 0 Å². The van der Waals surface area contributed by atoms with Crippen molar-refractivity contribution in [1.82, 2.24) is 0 Å². The van der Waals surface area contributed by atoms with Crippen molar-refractivity contribution < 1.29 is 24.4 Å². The molecule has 0 heterocycles. The second-order valence-electron chi connectivity index (χ2n) is 6.24. The first-order valence-electron chi connectivity index (χ1n) is 8.60. The van der Waals surface area contributed by atoms with Gasteiger partial charge in [0, 0.05) is 28.4 Å². The van der Waals surface area contributed by atoms with Crippen LogP contribution in [-0.2, 0) is 0 Å². The minimum absolute atomic E-state index is 0.0353. The summed E-state index contributed by atoms with van der Waals surface area (Å²) in [4.78, 5) is 46.4. The van der Waals surface area contributed by atoms with Gasteiger partial charge < -0.3 is 16.2 Å². The Hall–Kier alpha value is -4.53. The minimum atomic E-state index is -1.28. The number of nitrogens with two attached hydrogens (primary N) is 1. The predicted octanol–water partition coefficient (Wildman–Crippen LogP) is 3.37. The maximum Gasteiger partial charge on any atom is 0.336 e. The fourth-order valence-corrected chi connectivity index (χ4v) is 2.86. The number of hydrogen-bond acceptors (Lipinski definition) is 6. The summed E-state index contributed by atoms with van der Waals surface area (Å²) in [5.41, 5.74) is 5.25. The van der Waals surface area contributed by atoms with Gasteiger partial charge in [0.05, 0.1) is 10.5 Å². The molecule has 9 heteroatoms. The number of carboxylic acid groups (broad SMARTS) is 1. The van der Waals surface area contributed by atoms with Gasteiger partial charge in [0.2, 0.25) is 5.91 Å². The van der Waals surface area contributed by atoms with Gasteiger partial charge in [0.15, 0.2) is 5.78 Å². The van der Waals surface area contributed by atoms with E-state index in [9.17, 15) is 29.6 Å². The summed E-state index contributed by atoms with van der Waals surface area (Å²) in [7, 11) is 0. The van der Waals surface area contributed by atoms with Gasteiger partial charge in [-0.1, -0.05) is 24.3 Å². The van der Waals surface area contributed by atoms with Gasteiger partial charge in [0.1, 0.15) is 5.69 Å². The number of primary amides is 1. The Bertz CT molecular complexity index is 1190. The number of anilines is 2. The van der Waals surface area contributed by atoms with Crippen LogP contribution in [0.3, 0.4) is 0 Å². The SMILES string of the molecule is NC(=O)c1cccc(Nc2ccc(C(=O)c3ccccc3C(=O)O)cc2[N+](=O)[O-])c1. The molecule has 1 amide bonds. The van der Waals surface area contributed by atoms with Crippen molar-refractivity contribution in [2.24, 2.45) is 5.73 Å². The molecule has 0 saturated carbocycles. The highest BCUT2D eigenvalue weighted by Gasteiger charge is 2.22. The van der Waals surface area contributed by atoms with Gasteiger partial charge in [-0.15, -0.1) is 0 Å². The standard InChI is InChI=1S/C21H15N3O6/c22-20(26)13-4-3-5-14(10-13)23-17-9-8-12(11-18(17)24(29)30)19(25)15-6-1-2-7-16(15)21(27)28/h1-11,23H,(H2,22,26)(H,27,28). The lowest BCUT2D eigenvalue weighted by Crippen LogP contribution is -2.11. The molecule has 0 spiro atoms. The number of carboxylic acids is 1. The van der Waals surface area contributed by atoms with Gasteiger partial charge in [0.25, 0.3) is 5.69 Å². The number of nitro groups is 1. The zero-order valence-corrected chi connectivity index (χ0v) is 15.4. The molecule has 3 aromatic rings. The highest BCUT2D eigenvalue weighted by molar-refractivity contribution is 6.14. The Balaban J connectivity index is 1.99. The van der Waals surface area contributed by atoms with Crippen LogP contribution in [0.5, 0.6) is 0 Å². The fourth-order valence-electron chi connectivity index (χ4n) is 2.86. The van der Waals surface area contributed by atoms with Crippen LogP contribution in [-0.4, -0.2) is 27.7 Å². The highest BCUT2D eigenvalue weighted by Crippen LogP contribution is 2.30. The molecule has 3 aromatic carbocycles. The van der Waals surface area contributed by atoms with Crippen LogP contribution in [0.4, 0.5) is 17.1 Å². The number of nitrogens with zero attached hydrogens (tertiary/aromatic N) is 1. The number of ketones is 1. The molecular weight excluding hydrogens is 390 g/mol. The Labute approximate surface area is 169 Å². The molecule has 0 fully saturated rings. The van der Waals surface area contributed by atoms with E-state index in [1.54, 1.807) is 12.1 Å². The Morgan fingerprint density at radius 3 is 2.23 bits per heavy atom. The first-order valence-corrected chi connectivity index (χ1v) is 8.60. The molecule has 0 unspecified atom stereocenters. The molecule has 3 rings (SSSR count). The molecule has 0 bridgehead atoms. The van der Waals surface area contributed by atoms with E-state index in [0.29, 0.717) is 5.69 Å². The number of carbonyl (C=O) groups is 3. The van der Waals surface area contributed by atoms with Gasteiger partial charge in [-0.25, -0.2) is 4.79 Å². The van der Waals surface area contributed by atoms with Crippen LogP contribution in [0, 0.1) is 10.1 Å². The topological polar surface area (TPSA) is 153 Å². The van der Waals surface area contributed by atoms with E-state index in [1.807, 2.05) is 0 Å². The molecule has 4 N–H and O–H groups in total. The van der Waals surface area contributed by atoms with E-state index in [2.05, 4.69) is 5.32 Å². The molecule has 9 nitrogen and oxygen atoms in total. The smallest absolute Gasteiger partial charge is 0.336 e. The zero-order valence-electron chi connectivity index (χ0n) is 15.4. The molecule has 0 saturated heterocycles. The van der Waals surface area contributed by atoms with Gasteiger partial charge >= 0.3 is 5.97 Å². The lowest BCUT2D eigenvalue weighted by molar-refractivity contribution is -0.383. The quantitative estimate of drug-likeness (QED) is 0.309. The summed E-state index contributed by atoms with van der Waals surface area (Å²) >= 11 is 0. The van der Waals surface area contributed by atoms with Crippen molar-refractivity contribution in [2.75, 3.05) is 5.32 Å². The third-order valence-electron chi connectivity index (χ3n) is 4.28. The second kappa shape index (κ2) is 8.23. The van der Waals surface area contributed by atoms with E-state index in [-0.39, 0.29) is 27.9 Å². The van der Waals surface area contributed by atoms with Crippen LogP contribution < -0.4 is 11.1 Å². The van der Waals surface area contributed by atoms with E-state index < -0.39 is 28.3 Å². The van der Waals surface area contributed by atoms with E-state index in [4.69, 9.17) is 5.73 Å². The number of carbonyl (C=O) groups excluding carboxylic acids is 2. The number of aromatic carboxylic acids is 1. The van der Waals surface area contributed by atoms with Crippen molar-refractivity contribution in [1.29, 1.82) is 0 Å². The zero-order chi connectivity index (χ0) is 21.8. The van der Waals surface area contributed by atoms with Gasteiger partial charge in [-0.05, 0) is 36.4 Å². The Morgan fingerprint density at radius 2 is 1.60 bits per heavy atom. The lowest BCUT2D eigenvalue weighted by Gasteiger charge is -2.10. The molecule has 0 aliphatic rings. The Morgan fingerprint density at radius 1 is 0.900 bits per heavy atom. The summed E-state index contributed by atoms with van der Waals surface area (Å²) in [6.45, 7) is 0. The van der Waals surface area contributed by atoms with E-state index in [1.165, 1.54) is 48.5 Å². The number of rotatable bonds is 7. The second-order valence-corrected chi connectivity index (χ2v) is 6.24. The summed E-state index contributed by atoms with van der Waals surface area (Å²) < 4.78 is 0. The van der Waals surface area contributed by atoms with Crippen molar-refractivity contribution in [3.05, 3.63) is 99.1 Å². The van der Waals surface area contributed by atoms with Crippen molar-refractivity contribution in [3.8, 4) is 0 Å². The van der Waals surface area contributed by atoms with Crippen LogP contribution in [0.25, 0.3) is 0 Å². The third-order valence-corrected chi connectivity index (χ3v) is 4.28. The van der Waals surface area contributed by atoms with Crippen molar-refractivity contribution in [2.45, 2.75) is 0 Å². The number of benzene rings is 3. The van der Waals surface area contributed by atoms with E-state index in [0.717, 1.165) is 6.07 Å². The first-order chi connectivity index (χ1) is 14.3.